The van der Waals surface area contributed by atoms with E-state index in [1.807, 2.05) is 19.1 Å². The number of rotatable bonds is 5. The third-order valence-electron chi connectivity index (χ3n) is 3.52. The molecule has 3 aromatic rings. The minimum absolute atomic E-state index is 0.316. The van der Waals surface area contributed by atoms with Crippen LogP contribution in [0.4, 0.5) is 5.95 Å². The first-order chi connectivity index (χ1) is 11.6. The van der Waals surface area contributed by atoms with Gasteiger partial charge in [0, 0.05) is 31.5 Å². The molecule has 0 bridgehead atoms. The Bertz CT molecular complexity index is 998. The topological polar surface area (TPSA) is 110 Å². The highest BCUT2D eigenvalue weighted by atomic mass is 16.2. The summed E-state index contributed by atoms with van der Waals surface area (Å²) < 4.78 is 3.02. The molecule has 24 heavy (non-hydrogen) atoms. The zero-order valence-corrected chi connectivity index (χ0v) is 13.4. The number of nitrogens with one attached hydrogen (secondary N) is 2. The second-order valence-corrected chi connectivity index (χ2v) is 5.23. The van der Waals surface area contributed by atoms with Crippen molar-refractivity contribution in [2.45, 2.75) is 19.9 Å². The monoisotopic (exact) mass is 327 g/mol. The Balaban J connectivity index is 2.04. The van der Waals surface area contributed by atoms with Crippen LogP contribution in [0.1, 0.15) is 18.9 Å². The number of aromatic nitrogens is 5. The zero-order chi connectivity index (χ0) is 17.1. The van der Waals surface area contributed by atoms with Gasteiger partial charge in [0.25, 0.3) is 5.56 Å². The average Bonchev–Trinajstić information content (AvgIpc) is 2.93. The molecule has 3 aromatic heterocycles. The fourth-order valence-corrected chi connectivity index (χ4v) is 2.38. The van der Waals surface area contributed by atoms with Crippen LogP contribution in [0.2, 0.25) is 0 Å². The van der Waals surface area contributed by atoms with Crippen LogP contribution in [-0.2, 0) is 13.6 Å². The Morgan fingerprint density at radius 2 is 2.25 bits per heavy atom. The van der Waals surface area contributed by atoms with Crippen molar-refractivity contribution in [1.29, 1.82) is 0 Å². The van der Waals surface area contributed by atoms with Crippen molar-refractivity contribution in [3.8, 4) is 0 Å². The molecule has 124 valence electrons. The van der Waals surface area contributed by atoms with E-state index in [1.165, 1.54) is 4.57 Å². The molecule has 0 aliphatic rings. The Labute approximate surface area is 136 Å². The highest BCUT2D eigenvalue weighted by Gasteiger charge is 2.16. The van der Waals surface area contributed by atoms with E-state index in [0.29, 0.717) is 23.7 Å². The number of fused-ring (bicyclic) bond motifs is 1. The number of aryl methyl sites for hydroxylation is 2. The highest BCUT2D eigenvalue weighted by molar-refractivity contribution is 5.80. The van der Waals surface area contributed by atoms with Crippen molar-refractivity contribution in [3.05, 3.63) is 50.9 Å². The van der Waals surface area contributed by atoms with Crippen LogP contribution < -0.4 is 16.7 Å². The Kier molecular flexibility index (Phi) is 4.23. The van der Waals surface area contributed by atoms with Gasteiger partial charge in [-0.05, 0) is 12.5 Å². The molecular formula is C15H17N7O2. The predicted octanol–water partition coefficient (Wildman–Crippen LogP) is 0.674. The van der Waals surface area contributed by atoms with Gasteiger partial charge in [0.2, 0.25) is 5.95 Å². The molecule has 0 radical (unpaired) electrons. The molecule has 0 aliphatic carbocycles. The van der Waals surface area contributed by atoms with Crippen LogP contribution in [0.5, 0.6) is 0 Å². The molecule has 9 nitrogen and oxygen atoms in total. The van der Waals surface area contributed by atoms with Crippen molar-refractivity contribution in [3.63, 3.8) is 0 Å². The molecule has 2 N–H and O–H groups in total. The number of imidazole rings is 1. The summed E-state index contributed by atoms with van der Waals surface area (Å²) in [6.45, 7) is 2.56. The fourth-order valence-electron chi connectivity index (χ4n) is 2.38. The van der Waals surface area contributed by atoms with E-state index in [-0.39, 0.29) is 0 Å². The van der Waals surface area contributed by atoms with Gasteiger partial charge < -0.3 is 4.57 Å². The largest absolute Gasteiger partial charge is 0.329 e. The number of hydrogen-bond acceptors (Lipinski definition) is 6. The van der Waals surface area contributed by atoms with Gasteiger partial charge in [0.05, 0.1) is 6.21 Å². The van der Waals surface area contributed by atoms with Gasteiger partial charge >= 0.3 is 5.69 Å². The number of anilines is 1. The Hall–Kier alpha value is -3.23. The van der Waals surface area contributed by atoms with Gasteiger partial charge in [-0.25, -0.2) is 10.2 Å². The van der Waals surface area contributed by atoms with E-state index in [2.05, 4.69) is 25.5 Å². The van der Waals surface area contributed by atoms with Gasteiger partial charge in [-0.2, -0.15) is 10.1 Å². The number of hydrazone groups is 1. The average molecular weight is 327 g/mol. The standard InChI is InChI=1S/C15H17N7O2/c1-3-7-22-11-12(21(2)15(24)19-13(11)23)18-14(22)20-17-9-10-5-4-6-16-8-10/h4-6,8-9H,3,7H2,1-2H3,(H,18,20)(H,19,23,24)/b17-9+. The molecule has 0 spiro atoms. The van der Waals surface area contributed by atoms with Gasteiger partial charge in [-0.1, -0.05) is 13.0 Å². The second-order valence-electron chi connectivity index (χ2n) is 5.23. The fraction of sp³-hybridized carbons (Fsp3) is 0.267. The number of H-pyrrole nitrogens is 1. The normalized spacial score (nSPS) is 11.4. The van der Waals surface area contributed by atoms with Crippen LogP contribution in [0.25, 0.3) is 11.2 Å². The lowest BCUT2D eigenvalue weighted by Crippen LogP contribution is -2.29. The lowest BCUT2D eigenvalue weighted by molar-refractivity contribution is 0.698. The van der Waals surface area contributed by atoms with Crippen LogP contribution in [0, 0.1) is 0 Å². The first-order valence-electron chi connectivity index (χ1n) is 7.50. The molecule has 0 saturated heterocycles. The molecule has 0 unspecified atom stereocenters. The molecule has 9 heteroatoms. The molecule has 0 atom stereocenters. The minimum Gasteiger partial charge on any atom is -0.303 e. The summed E-state index contributed by atoms with van der Waals surface area (Å²) in [4.78, 5) is 34.5. The van der Waals surface area contributed by atoms with E-state index < -0.39 is 11.2 Å². The third-order valence-corrected chi connectivity index (χ3v) is 3.52. The molecule has 0 fully saturated rings. The number of aromatic amines is 1. The van der Waals surface area contributed by atoms with Gasteiger partial charge in [-0.15, -0.1) is 0 Å². The number of pyridine rings is 1. The highest BCUT2D eigenvalue weighted by Crippen LogP contribution is 2.15. The summed E-state index contributed by atoms with van der Waals surface area (Å²) >= 11 is 0. The number of nitrogens with zero attached hydrogens (tertiary/aromatic N) is 5. The van der Waals surface area contributed by atoms with Crippen LogP contribution in [-0.4, -0.2) is 30.3 Å². The van der Waals surface area contributed by atoms with Crippen LogP contribution in [0.3, 0.4) is 0 Å². The Morgan fingerprint density at radius 1 is 1.42 bits per heavy atom. The lowest BCUT2D eigenvalue weighted by Gasteiger charge is -2.05. The quantitative estimate of drug-likeness (QED) is 0.529. The summed E-state index contributed by atoms with van der Waals surface area (Å²) in [5.41, 5.74) is 3.36. The molecule has 0 aliphatic heterocycles. The van der Waals surface area contributed by atoms with Crippen molar-refractivity contribution < 1.29 is 0 Å². The summed E-state index contributed by atoms with van der Waals surface area (Å²) in [5.74, 6) is 0.402. The van der Waals surface area contributed by atoms with Crippen LogP contribution >= 0.6 is 0 Å². The summed E-state index contributed by atoms with van der Waals surface area (Å²) in [6.07, 6.45) is 5.76. The molecule has 0 aromatic carbocycles. The maximum Gasteiger partial charge on any atom is 0.329 e. The summed E-state index contributed by atoms with van der Waals surface area (Å²) in [6, 6.07) is 3.67. The summed E-state index contributed by atoms with van der Waals surface area (Å²) in [5, 5.41) is 4.13. The van der Waals surface area contributed by atoms with E-state index in [0.717, 1.165) is 12.0 Å². The van der Waals surface area contributed by atoms with Crippen molar-refractivity contribution >= 4 is 23.3 Å². The van der Waals surface area contributed by atoms with Gasteiger partial charge in [0.15, 0.2) is 11.2 Å². The lowest BCUT2D eigenvalue weighted by atomic mass is 10.3. The second kappa shape index (κ2) is 6.49. The molecular weight excluding hydrogens is 310 g/mol. The molecule has 0 amide bonds. The molecule has 3 rings (SSSR count). The van der Waals surface area contributed by atoms with Crippen LogP contribution in [0.15, 0.2) is 39.2 Å². The zero-order valence-electron chi connectivity index (χ0n) is 13.4. The Morgan fingerprint density at radius 3 is 2.96 bits per heavy atom. The van der Waals surface area contributed by atoms with Gasteiger partial charge in [-0.3, -0.25) is 19.3 Å². The first kappa shape index (κ1) is 15.7. The molecule has 3 heterocycles. The molecule has 0 saturated carbocycles. The minimum atomic E-state index is -0.501. The van der Waals surface area contributed by atoms with Gasteiger partial charge in [0.1, 0.15) is 0 Å². The van der Waals surface area contributed by atoms with Crippen molar-refractivity contribution in [1.82, 2.24) is 24.1 Å². The third kappa shape index (κ3) is 2.83. The number of hydrogen-bond donors (Lipinski definition) is 2. The maximum atomic E-state index is 12.2. The van der Waals surface area contributed by atoms with Crippen molar-refractivity contribution in [2.75, 3.05) is 5.43 Å². The first-order valence-corrected chi connectivity index (χ1v) is 7.50. The van der Waals surface area contributed by atoms with Crippen molar-refractivity contribution in [2.24, 2.45) is 12.1 Å². The predicted molar refractivity (Wildman–Crippen MR) is 91.3 cm³/mol. The van der Waals surface area contributed by atoms with E-state index in [4.69, 9.17) is 0 Å². The SMILES string of the molecule is CCCn1c(N/N=C/c2cccnc2)nc2c1c(=O)[nH]c(=O)n2C. The smallest absolute Gasteiger partial charge is 0.303 e. The summed E-state index contributed by atoms with van der Waals surface area (Å²) in [7, 11) is 1.56. The van der Waals surface area contributed by atoms with E-state index in [9.17, 15) is 9.59 Å². The van der Waals surface area contributed by atoms with E-state index >= 15 is 0 Å². The maximum absolute atomic E-state index is 12.2. The van der Waals surface area contributed by atoms with E-state index in [1.54, 1.807) is 30.2 Å².